The van der Waals surface area contributed by atoms with Crippen molar-refractivity contribution in [2.24, 2.45) is 0 Å². The molecule has 1 heterocycles. The highest BCUT2D eigenvalue weighted by Gasteiger charge is 2.07. The van der Waals surface area contributed by atoms with Crippen molar-refractivity contribution in [3.05, 3.63) is 101 Å². The third kappa shape index (κ3) is 5.50. The quantitative estimate of drug-likeness (QED) is 0.454. The second-order valence-electron chi connectivity index (χ2n) is 6.90. The number of carbonyl (C=O) groups is 1. The molecule has 0 fully saturated rings. The third-order valence-electron chi connectivity index (χ3n) is 4.63. The zero-order valence-electron chi connectivity index (χ0n) is 16.5. The number of rotatable bonds is 6. The van der Waals surface area contributed by atoms with E-state index in [1.54, 1.807) is 18.3 Å². The molecule has 2 radical (unpaired) electrons. The summed E-state index contributed by atoms with van der Waals surface area (Å²) >= 11 is 5.95. The van der Waals surface area contributed by atoms with Gasteiger partial charge >= 0.3 is 0 Å². The molecule has 7 heteroatoms. The van der Waals surface area contributed by atoms with E-state index < -0.39 is 0 Å². The van der Waals surface area contributed by atoms with Crippen LogP contribution in [0.5, 0.6) is 0 Å². The van der Waals surface area contributed by atoms with Gasteiger partial charge in [0.05, 0.1) is 5.69 Å². The van der Waals surface area contributed by atoms with Gasteiger partial charge in [0.2, 0.25) is 5.95 Å². The summed E-state index contributed by atoms with van der Waals surface area (Å²) < 4.78 is 0. The van der Waals surface area contributed by atoms with Crippen molar-refractivity contribution in [3.8, 4) is 11.3 Å². The summed E-state index contributed by atoms with van der Waals surface area (Å²) in [6.45, 7) is 0.435. The van der Waals surface area contributed by atoms with Gasteiger partial charge in [-0.3, -0.25) is 4.79 Å². The number of aromatic nitrogens is 2. The van der Waals surface area contributed by atoms with Crippen molar-refractivity contribution < 1.29 is 4.79 Å². The van der Waals surface area contributed by atoms with E-state index in [2.05, 4.69) is 20.6 Å². The lowest BCUT2D eigenvalue weighted by Crippen LogP contribution is -2.22. The molecular formula is C24H18BClN4O. The maximum Gasteiger partial charge on any atom is 0.251 e. The Kier molecular flexibility index (Phi) is 6.29. The van der Waals surface area contributed by atoms with Crippen molar-refractivity contribution in [2.45, 2.75) is 6.54 Å². The summed E-state index contributed by atoms with van der Waals surface area (Å²) in [4.78, 5) is 21.2. The van der Waals surface area contributed by atoms with E-state index in [1.807, 2.05) is 66.7 Å². The molecule has 1 amide bonds. The van der Waals surface area contributed by atoms with E-state index in [0.717, 1.165) is 22.5 Å². The largest absolute Gasteiger partial charge is 0.348 e. The zero-order chi connectivity index (χ0) is 21.6. The van der Waals surface area contributed by atoms with Crippen molar-refractivity contribution in [3.63, 3.8) is 0 Å². The Balaban J connectivity index is 1.39. The Bertz CT molecular complexity index is 1180. The molecule has 0 aliphatic rings. The molecule has 150 valence electrons. The zero-order valence-corrected chi connectivity index (χ0v) is 17.3. The number of anilines is 2. The van der Waals surface area contributed by atoms with E-state index in [-0.39, 0.29) is 5.91 Å². The maximum atomic E-state index is 12.4. The van der Waals surface area contributed by atoms with Crippen LogP contribution in [-0.2, 0) is 6.54 Å². The molecule has 0 unspecified atom stereocenters. The van der Waals surface area contributed by atoms with Crippen LogP contribution in [-0.4, -0.2) is 23.7 Å². The Labute approximate surface area is 186 Å². The normalized spacial score (nSPS) is 10.5. The average molecular weight is 425 g/mol. The van der Waals surface area contributed by atoms with Crippen LogP contribution in [0.15, 0.2) is 85.1 Å². The smallest absolute Gasteiger partial charge is 0.251 e. The van der Waals surface area contributed by atoms with E-state index in [9.17, 15) is 4.79 Å². The fourth-order valence-corrected chi connectivity index (χ4v) is 3.08. The second kappa shape index (κ2) is 9.45. The number of hydrogen-bond donors (Lipinski definition) is 2. The van der Waals surface area contributed by atoms with Gasteiger partial charge in [-0.15, -0.1) is 0 Å². The molecule has 4 aromatic rings. The summed E-state index contributed by atoms with van der Waals surface area (Å²) in [5.41, 5.74) is 4.76. The predicted octanol–water partition coefficient (Wildman–Crippen LogP) is 4.26. The first kappa shape index (κ1) is 20.6. The first-order valence-corrected chi connectivity index (χ1v) is 10.0. The van der Waals surface area contributed by atoms with Gasteiger partial charge in [-0.2, -0.15) is 0 Å². The van der Waals surface area contributed by atoms with Crippen LogP contribution in [0.1, 0.15) is 15.9 Å². The first-order chi connectivity index (χ1) is 15.1. The summed E-state index contributed by atoms with van der Waals surface area (Å²) in [7, 11) is 5.68. The van der Waals surface area contributed by atoms with Crippen LogP contribution in [0.25, 0.3) is 11.3 Å². The van der Waals surface area contributed by atoms with Gasteiger partial charge in [0.1, 0.15) is 7.85 Å². The summed E-state index contributed by atoms with van der Waals surface area (Å²) in [5.74, 6) is 0.317. The lowest BCUT2D eigenvalue weighted by Gasteiger charge is -2.09. The molecule has 0 aliphatic heterocycles. The van der Waals surface area contributed by atoms with Crippen LogP contribution in [0, 0.1) is 0 Å². The van der Waals surface area contributed by atoms with Gasteiger partial charge in [0.15, 0.2) is 0 Å². The molecule has 0 spiro atoms. The SMILES string of the molecule is [B]c1ccc(CNC(=O)c2ccc(Nc3nccc(-c4ccc(Cl)cc4)n3)cc2)cc1. The monoisotopic (exact) mass is 424 g/mol. The Morgan fingerprint density at radius 3 is 2.32 bits per heavy atom. The fourth-order valence-electron chi connectivity index (χ4n) is 2.95. The number of hydrogen-bond acceptors (Lipinski definition) is 4. The molecule has 0 saturated carbocycles. The molecule has 31 heavy (non-hydrogen) atoms. The highest BCUT2D eigenvalue weighted by Crippen LogP contribution is 2.21. The number of nitrogens with zero attached hydrogens (tertiary/aromatic N) is 2. The number of halogens is 1. The van der Waals surface area contributed by atoms with Crippen molar-refractivity contribution in [2.75, 3.05) is 5.32 Å². The molecule has 0 atom stereocenters. The minimum Gasteiger partial charge on any atom is -0.348 e. The Morgan fingerprint density at radius 2 is 1.61 bits per heavy atom. The van der Waals surface area contributed by atoms with Gasteiger partial charge in [-0.05, 0) is 48.0 Å². The number of amides is 1. The molecule has 2 N–H and O–H groups in total. The molecule has 3 aromatic carbocycles. The van der Waals surface area contributed by atoms with Gasteiger partial charge in [0.25, 0.3) is 5.91 Å². The predicted molar refractivity (Wildman–Crippen MR) is 125 cm³/mol. The highest BCUT2D eigenvalue weighted by molar-refractivity contribution is 6.32. The Morgan fingerprint density at radius 1 is 0.903 bits per heavy atom. The van der Waals surface area contributed by atoms with Gasteiger partial charge in [-0.1, -0.05) is 53.5 Å². The van der Waals surface area contributed by atoms with E-state index in [4.69, 9.17) is 19.4 Å². The third-order valence-corrected chi connectivity index (χ3v) is 4.88. The topological polar surface area (TPSA) is 66.9 Å². The molecule has 5 nitrogen and oxygen atoms in total. The Hall–Kier alpha value is -3.64. The first-order valence-electron chi connectivity index (χ1n) is 9.65. The van der Waals surface area contributed by atoms with Crippen LogP contribution in [0.3, 0.4) is 0 Å². The molecule has 4 rings (SSSR count). The molecule has 0 saturated heterocycles. The van der Waals surface area contributed by atoms with Gasteiger partial charge < -0.3 is 10.6 Å². The summed E-state index contributed by atoms with van der Waals surface area (Å²) in [5, 5.41) is 6.74. The maximum absolute atomic E-state index is 12.4. The minimum atomic E-state index is -0.149. The number of nitrogens with one attached hydrogen (secondary N) is 2. The van der Waals surface area contributed by atoms with Crippen LogP contribution >= 0.6 is 11.6 Å². The van der Waals surface area contributed by atoms with Gasteiger partial charge in [0, 0.05) is 34.6 Å². The van der Waals surface area contributed by atoms with Crippen molar-refractivity contribution in [1.82, 2.24) is 15.3 Å². The fraction of sp³-hybridized carbons (Fsp3) is 0.0417. The number of benzene rings is 3. The summed E-state index contributed by atoms with van der Waals surface area (Å²) in [6, 6.07) is 23.8. The van der Waals surface area contributed by atoms with Crippen molar-refractivity contribution in [1.29, 1.82) is 0 Å². The van der Waals surface area contributed by atoms with Crippen LogP contribution < -0.4 is 16.1 Å². The van der Waals surface area contributed by atoms with E-state index >= 15 is 0 Å². The molecule has 0 aliphatic carbocycles. The van der Waals surface area contributed by atoms with E-state index in [0.29, 0.717) is 28.5 Å². The highest BCUT2D eigenvalue weighted by atomic mass is 35.5. The van der Waals surface area contributed by atoms with Crippen molar-refractivity contribution >= 4 is 42.5 Å². The second-order valence-corrected chi connectivity index (χ2v) is 7.34. The average Bonchev–Trinajstić information content (AvgIpc) is 2.80. The van der Waals surface area contributed by atoms with Crippen LogP contribution in [0.2, 0.25) is 5.02 Å². The lowest BCUT2D eigenvalue weighted by atomic mass is 9.95. The molecule has 0 bridgehead atoms. The number of carbonyl (C=O) groups excluding carboxylic acids is 1. The standard InChI is InChI=1S/C24H18BClN4O/c25-19-7-1-16(2-8-19)15-28-23(31)18-5-11-21(12-6-18)29-24-27-14-13-22(30-24)17-3-9-20(26)10-4-17/h1-14H,15H2,(H,28,31)(H,27,29,30). The molecular weight excluding hydrogens is 407 g/mol. The minimum absolute atomic E-state index is 0.149. The van der Waals surface area contributed by atoms with Crippen LogP contribution in [0.4, 0.5) is 11.6 Å². The lowest BCUT2D eigenvalue weighted by molar-refractivity contribution is 0.0951. The molecule has 1 aromatic heterocycles. The summed E-state index contributed by atoms with van der Waals surface area (Å²) in [6.07, 6.45) is 1.69. The van der Waals surface area contributed by atoms with E-state index in [1.165, 1.54) is 0 Å². The van der Waals surface area contributed by atoms with Gasteiger partial charge in [-0.25, -0.2) is 9.97 Å².